The molecule has 1 fully saturated rings. The number of hydrogen-bond acceptors (Lipinski definition) is 4. The number of likely N-dealkylation sites (tertiary alicyclic amines) is 1. The van der Waals surface area contributed by atoms with Gasteiger partial charge in [0.1, 0.15) is 0 Å². The third-order valence-electron chi connectivity index (χ3n) is 3.82. The van der Waals surface area contributed by atoms with Gasteiger partial charge in [0.25, 0.3) is 0 Å². The van der Waals surface area contributed by atoms with Gasteiger partial charge in [0.2, 0.25) is 11.8 Å². The predicted molar refractivity (Wildman–Crippen MR) is 90.9 cm³/mol. The van der Waals surface area contributed by atoms with E-state index in [0.29, 0.717) is 18.8 Å². The average Bonchev–Trinajstić information content (AvgIpc) is 2.94. The van der Waals surface area contributed by atoms with Crippen LogP contribution in [0.4, 0.5) is 5.69 Å². The van der Waals surface area contributed by atoms with Crippen LogP contribution in [0, 0.1) is 23.2 Å². The summed E-state index contributed by atoms with van der Waals surface area (Å²) in [5.41, 5.74) is 0.745. The van der Waals surface area contributed by atoms with E-state index >= 15 is 0 Å². The Kier molecular flexibility index (Phi) is 6.05. The van der Waals surface area contributed by atoms with Gasteiger partial charge >= 0.3 is 0 Å². The molecule has 2 amide bonds. The minimum atomic E-state index is -0.293. The summed E-state index contributed by atoms with van der Waals surface area (Å²) in [7, 11) is 0. The van der Waals surface area contributed by atoms with Crippen LogP contribution in [0.1, 0.15) is 20.3 Å². The van der Waals surface area contributed by atoms with Gasteiger partial charge in [-0.3, -0.25) is 9.59 Å². The molecule has 0 radical (unpaired) electrons. The number of benzene rings is 1. The summed E-state index contributed by atoms with van der Waals surface area (Å²) in [5.74, 6) is 0.260. The molecule has 0 spiro atoms. The molecule has 0 bridgehead atoms. The fourth-order valence-corrected chi connectivity index (χ4v) is 3.39. The van der Waals surface area contributed by atoms with E-state index in [1.807, 2.05) is 38.1 Å². The SMILES string of the molecule is CCN1C[C@H](C(=O)Nc2ccccc2SC[C@H](C)C#N)CC1=O. The molecule has 23 heavy (non-hydrogen) atoms. The maximum atomic E-state index is 12.4. The third kappa shape index (κ3) is 4.49. The molecular formula is C17H21N3O2S. The van der Waals surface area contributed by atoms with Crippen molar-refractivity contribution >= 4 is 29.3 Å². The average molecular weight is 331 g/mol. The molecule has 0 saturated carbocycles. The Morgan fingerprint density at radius 1 is 1.52 bits per heavy atom. The molecule has 1 saturated heterocycles. The summed E-state index contributed by atoms with van der Waals surface area (Å²) in [6, 6.07) is 9.77. The Morgan fingerprint density at radius 3 is 2.91 bits per heavy atom. The molecule has 0 aliphatic carbocycles. The maximum absolute atomic E-state index is 12.4. The largest absolute Gasteiger partial charge is 0.342 e. The van der Waals surface area contributed by atoms with Gasteiger partial charge in [-0.1, -0.05) is 12.1 Å². The van der Waals surface area contributed by atoms with Gasteiger partial charge in [-0.2, -0.15) is 5.26 Å². The van der Waals surface area contributed by atoms with Gasteiger partial charge in [-0.15, -0.1) is 11.8 Å². The van der Waals surface area contributed by atoms with Crippen LogP contribution >= 0.6 is 11.8 Å². The van der Waals surface area contributed by atoms with Crippen LogP contribution in [-0.2, 0) is 9.59 Å². The predicted octanol–water partition coefficient (Wildman–Crippen LogP) is 2.75. The van der Waals surface area contributed by atoms with Crippen molar-refractivity contribution in [2.24, 2.45) is 11.8 Å². The second kappa shape index (κ2) is 8.02. The molecule has 0 aromatic heterocycles. The Hall–Kier alpha value is -2.00. The molecular weight excluding hydrogens is 310 g/mol. The highest BCUT2D eigenvalue weighted by molar-refractivity contribution is 7.99. The molecule has 1 aromatic rings. The van der Waals surface area contributed by atoms with Crippen molar-refractivity contribution < 1.29 is 9.59 Å². The first-order chi connectivity index (χ1) is 11.0. The molecule has 5 nitrogen and oxygen atoms in total. The lowest BCUT2D eigenvalue weighted by Gasteiger charge is -2.15. The van der Waals surface area contributed by atoms with E-state index in [4.69, 9.17) is 5.26 Å². The first kappa shape index (κ1) is 17.4. The highest BCUT2D eigenvalue weighted by atomic mass is 32.2. The summed E-state index contributed by atoms with van der Waals surface area (Å²) in [5, 5.41) is 11.8. The van der Waals surface area contributed by atoms with Gasteiger partial charge < -0.3 is 10.2 Å². The molecule has 6 heteroatoms. The molecule has 1 aromatic carbocycles. The lowest BCUT2D eigenvalue weighted by molar-refractivity contribution is -0.128. The number of hydrogen-bond donors (Lipinski definition) is 1. The quantitative estimate of drug-likeness (QED) is 0.814. The van der Waals surface area contributed by atoms with Crippen molar-refractivity contribution in [3.05, 3.63) is 24.3 Å². The number of thioether (sulfide) groups is 1. The second-order valence-electron chi connectivity index (χ2n) is 5.66. The lowest BCUT2D eigenvalue weighted by atomic mass is 10.1. The van der Waals surface area contributed by atoms with Crippen molar-refractivity contribution in [2.75, 3.05) is 24.2 Å². The zero-order valence-electron chi connectivity index (χ0n) is 13.4. The highest BCUT2D eigenvalue weighted by Crippen LogP contribution is 2.29. The maximum Gasteiger partial charge on any atom is 0.229 e. The van der Waals surface area contributed by atoms with Gasteiger partial charge in [0.15, 0.2) is 0 Å². The van der Waals surface area contributed by atoms with Crippen LogP contribution in [-0.4, -0.2) is 35.6 Å². The molecule has 0 unspecified atom stereocenters. The van der Waals surface area contributed by atoms with E-state index < -0.39 is 0 Å². The molecule has 1 N–H and O–H groups in total. The smallest absolute Gasteiger partial charge is 0.229 e. The zero-order chi connectivity index (χ0) is 16.8. The summed E-state index contributed by atoms with van der Waals surface area (Å²) >= 11 is 1.56. The summed E-state index contributed by atoms with van der Waals surface area (Å²) in [6.45, 7) is 4.92. The Bertz CT molecular complexity index is 627. The van der Waals surface area contributed by atoms with Crippen molar-refractivity contribution in [3.8, 4) is 6.07 Å². The number of amides is 2. The number of anilines is 1. The number of nitrogens with zero attached hydrogens (tertiary/aromatic N) is 2. The molecule has 2 atom stereocenters. The van der Waals surface area contributed by atoms with Gasteiger partial charge in [0, 0.05) is 30.2 Å². The standard InChI is InChI=1S/C17H21N3O2S/c1-3-20-10-13(8-16(20)21)17(22)19-14-6-4-5-7-15(14)23-11-12(2)9-18/h4-7,12-13H,3,8,10-11H2,1-2H3,(H,19,22)/t12-,13-/m1/s1. The van der Waals surface area contributed by atoms with Crippen LogP contribution in [0.2, 0.25) is 0 Å². The van der Waals surface area contributed by atoms with Crippen molar-refractivity contribution in [3.63, 3.8) is 0 Å². The Morgan fingerprint density at radius 2 is 2.26 bits per heavy atom. The van der Waals surface area contributed by atoms with Gasteiger partial charge in [-0.05, 0) is 26.0 Å². The number of rotatable bonds is 6. The van der Waals surface area contributed by atoms with Crippen LogP contribution in [0.5, 0.6) is 0 Å². The molecule has 2 rings (SSSR count). The third-order valence-corrected chi connectivity index (χ3v) is 5.15. The topological polar surface area (TPSA) is 73.2 Å². The minimum absolute atomic E-state index is 0.0400. The van der Waals surface area contributed by atoms with Crippen molar-refractivity contribution in [2.45, 2.75) is 25.2 Å². The van der Waals surface area contributed by atoms with Crippen LogP contribution in [0.15, 0.2) is 29.2 Å². The van der Waals surface area contributed by atoms with Gasteiger partial charge in [-0.25, -0.2) is 0 Å². The van der Waals surface area contributed by atoms with Crippen molar-refractivity contribution in [1.29, 1.82) is 5.26 Å². The number of nitriles is 1. The van der Waals surface area contributed by atoms with Gasteiger partial charge in [0.05, 0.1) is 23.6 Å². The van der Waals surface area contributed by atoms with E-state index in [1.165, 1.54) is 0 Å². The number of carbonyl (C=O) groups excluding carboxylic acids is 2. The lowest BCUT2D eigenvalue weighted by Crippen LogP contribution is -2.28. The monoisotopic (exact) mass is 331 g/mol. The van der Waals surface area contributed by atoms with E-state index in [1.54, 1.807) is 16.7 Å². The van der Waals surface area contributed by atoms with E-state index in [0.717, 1.165) is 10.6 Å². The minimum Gasteiger partial charge on any atom is -0.342 e. The Balaban J connectivity index is 2.01. The van der Waals surface area contributed by atoms with E-state index in [9.17, 15) is 9.59 Å². The first-order valence-corrected chi connectivity index (χ1v) is 8.73. The highest BCUT2D eigenvalue weighted by Gasteiger charge is 2.33. The number of para-hydroxylation sites is 1. The zero-order valence-corrected chi connectivity index (χ0v) is 14.2. The number of carbonyl (C=O) groups is 2. The second-order valence-corrected chi connectivity index (χ2v) is 6.72. The fourth-order valence-electron chi connectivity index (χ4n) is 2.44. The summed E-state index contributed by atoms with van der Waals surface area (Å²) in [4.78, 5) is 26.8. The van der Waals surface area contributed by atoms with Crippen molar-refractivity contribution in [1.82, 2.24) is 4.90 Å². The first-order valence-electron chi connectivity index (χ1n) is 7.75. The van der Waals surface area contributed by atoms with E-state index in [-0.39, 0.29) is 30.1 Å². The molecule has 1 heterocycles. The normalized spacial score (nSPS) is 18.6. The number of nitrogens with one attached hydrogen (secondary N) is 1. The summed E-state index contributed by atoms with van der Waals surface area (Å²) < 4.78 is 0. The van der Waals surface area contributed by atoms with E-state index in [2.05, 4.69) is 11.4 Å². The van der Waals surface area contributed by atoms with Crippen LogP contribution in [0.25, 0.3) is 0 Å². The Labute approximate surface area is 141 Å². The molecule has 1 aliphatic rings. The van der Waals surface area contributed by atoms with Crippen LogP contribution in [0.3, 0.4) is 0 Å². The fraction of sp³-hybridized carbons (Fsp3) is 0.471. The summed E-state index contributed by atoms with van der Waals surface area (Å²) in [6.07, 6.45) is 0.278. The molecule has 1 aliphatic heterocycles. The molecule has 122 valence electrons. The van der Waals surface area contributed by atoms with Crippen LogP contribution < -0.4 is 5.32 Å².